The lowest BCUT2D eigenvalue weighted by molar-refractivity contribution is 0.137. The lowest BCUT2D eigenvalue weighted by Gasteiger charge is -2.35. The van der Waals surface area contributed by atoms with E-state index < -0.39 is 0 Å². The van der Waals surface area contributed by atoms with Gasteiger partial charge < -0.3 is 4.74 Å². The lowest BCUT2D eigenvalue weighted by Crippen LogP contribution is -2.34. The van der Waals surface area contributed by atoms with Gasteiger partial charge in [0.05, 0.1) is 11.6 Å². The fourth-order valence-electron chi connectivity index (χ4n) is 3.98. The molecule has 3 nitrogen and oxygen atoms in total. The highest BCUT2D eigenvalue weighted by Crippen LogP contribution is 2.33. The summed E-state index contributed by atoms with van der Waals surface area (Å²) in [6, 6.07) is 16.9. The van der Waals surface area contributed by atoms with Gasteiger partial charge in [0.1, 0.15) is 5.75 Å². The Morgan fingerprint density at radius 2 is 2.00 bits per heavy atom. The van der Waals surface area contributed by atoms with Gasteiger partial charge in [-0.25, -0.2) is 0 Å². The van der Waals surface area contributed by atoms with Gasteiger partial charge in [-0.05, 0) is 48.9 Å². The minimum Gasteiger partial charge on any atom is -0.492 e. The van der Waals surface area contributed by atoms with Gasteiger partial charge in [-0.3, -0.25) is 9.88 Å². The third-order valence-electron chi connectivity index (χ3n) is 5.36. The maximum absolute atomic E-state index is 6.53. The SMILES string of the molecule is Clc1c(OCCCN2CCCCC2c2cccnc2)ccc2ccccc12. The average molecular weight is 381 g/mol. The second kappa shape index (κ2) is 8.73. The van der Waals surface area contributed by atoms with E-state index in [0.717, 1.165) is 36.0 Å². The monoisotopic (exact) mass is 380 g/mol. The first kappa shape index (κ1) is 18.3. The Kier molecular flexibility index (Phi) is 5.90. The van der Waals surface area contributed by atoms with Gasteiger partial charge in [-0.15, -0.1) is 0 Å². The number of aromatic nitrogens is 1. The number of halogens is 1. The first-order valence-electron chi connectivity index (χ1n) is 9.77. The molecule has 2 heterocycles. The van der Waals surface area contributed by atoms with Gasteiger partial charge in [0.2, 0.25) is 0 Å². The van der Waals surface area contributed by atoms with E-state index in [9.17, 15) is 0 Å². The zero-order chi connectivity index (χ0) is 18.5. The predicted octanol–water partition coefficient (Wildman–Crippen LogP) is 5.88. The lowest BCUT2D eigenvalue weighted by atomic mass is 9.96. The molecule has 1 aliphatic heterocycles. The van der Waals surface area contributed by atoms with Gasteiger partial charge in [-0.2, -0.15) is 0 Å². The smallest absolute Gasteiger partial charge is 0.138 e. The molecule has 0 radical (unpaired) electrons. The van der Waals surface area contributed by atoms with Gasteiger partial charge in [-0.1, -0.05) is 54.4 Å². The summed E-state index contributed by atoms with van der Waals surface area (Å²) >= 11 is 6.53. The summed E-state index contributed by atoms with van der Waals surface area (Å²) in [4.78, 5) is 6.87. The normalized spacial score (nSPS) is 17.9. The molecule has 140 valence electrons. The van der Waals surface area contributed by atoms with Gasteiger partial charge in [0.15, 0.2) is 0 Å². The van der Waals surface area contributed by atoms with Crippen molar-refractivity contribution in [1.29, 1.82) is 0 Å². The molecule has 0 bridgehead atoms. The molecule has 27 heavy (non-hydrogen) atoms. The standard InChI is InChI=1S/C23H25ClN2O/c24-23-20-9-2-1-7-18(20)11-12-22(23)27-16-6-15-26-14-4-3-10-21(26)19-8-5-13-25-17-19/h1-2,5,7-9,11-13,17,21H,3-4,6,10,14-16H2. The number of fused-ring (bicyclic) bond motifs is 1. The molecule has 1 unspecified atom stereocenters. The number of piperidine rings is 1. The van der Waals surface area contributed by atoms with Crippen molar-refractivity contribution in [3.8, 4) is 5.75 Å². The third kappa shape index (κ3) is 4.26. The van der Waals surface area contributed by atoms with Crippen LogP contribution in [0.15, 0.2) is 60.9 Å². The molecule has 1 fully saturated rings. The Hall–Kier alpha value is -2.10. The van der Waals surface area contributed by atoms with Crippen LogP contribution in [0.4, 0.5) is 0 Å². The largest absolute Gasteiger partial charge is 0.492 e. The highest BCUT2D eigenvalue weighted by atomic mass is 35.5. The summed E-state index contributed by atoms with van der Waals surface area (Å²) in [5.41, 5.74) is 1.33. The second-order valence-corrected chi connectivity index (χ2v) is 7.51. The van der Waals surface area contributed by atoms with E-state index in [2.05, 4.69) is 28.1 Å². The van der Waals surface area contributed by atoms with Gasteiger partial charge in [0, 0.05) is 30.4 Å². The zero-order valence-electron chi connectivity index (χ0n) is 15.5. The molecule has 4 heteroatoms. The highest BCUT2D eigenvalue weighted by molar-refractivity contribution is 6.37. The van der Waals surface area contributed by atoms with E-state index in [0.29, 0.717) is 17.7 Å². The van der Waals surface area contributed by atoms with E-state index in [1.54, 1.807) is 0 Å². The predicted molar refractivity (Wildman–Crippen MR) is 111 cm³/mol. The Labute approximate surface area is 165 Å². The number of hydrogen-bond donors (Lipinski definition) is 0. The first-order chi connectivity index (χ1) is 13.3. The third-order valence-corrected chi connectivity index (χ3v) is 5.75. The maximum Gasteiger partial charge on any atom is 0.138 e. The molecule has 1 saturated heterocycles. The number of ether oxygens (including phenoxy) is 1. The molecule has 0 aliphatic carbocycles. The van der Waals surface area contributed by atoms with Crippen LogP contribution in [0.5, 0.6) is 5.75 Å². The van der Waals surface area contributed by atoms with Crippen molar-refractivity contribution >= 4 is 22.4 Å². The van der Waals surface area contributed by atoms with Crippen LogP contribution in [0.25, 0.3) is 10.8 Å². The van der Waals surface area contributed by atoms with Crippen LogP contribution < -0.4 is 4.74 Å². The molecule has 0 spiro atoms. The second-order valence-electron chi connectivity index (χ2n) is 7.13. The van der Waals surface area contributed by atoms with Crippen molar-refractivity contribution in [1.82, 2.24) is 9.88 Å². The zero-order valence-corrected chi connectivity index (χ0v) is 16.2. The minimum absolute atomic E-state index is 0.483. The summed E-state index contributed by atoms with van der Waals surface area (Å²) in [7, 11) is 0. The van der Waals surface area contributed by atoms with Crippen LogP contribution in [0, 0.1) is 0 Å². The topological polar surface area (TPSA) is 25.4 Å². The Morgan fingerprint density at radius 3 is 2.89 bits per heavy atom. The Bertz CT molecular complexity index is 884. The van der Waals surface area contributed by atoms with E-state index >= 15 is 0 Å². The highest BCUT2D eigenvalue weighted by Gasteiger charge is 2.23. The van der Waals surface area contributed by atoms with Crippen molar-refractivity contribution in [2.45, 2.75) is 31.7 Å². The molecular weight excluding hydrogens is 356 g/mol. The summed E-state index contributed by atoms with van der Waals surface area (Å²) in [6.07, 6.45) is 8.61. The summed E-state index contributed by atoms with van der Waals surface area (Å²) in [6.45, 7) is 2.86. The Morgan fingerprint density at radius 1 is 1.07 bits per heavy atom. The quantitative estimate of drug-likeness (QED) is 0.499. The number of pyridine rings is 1. The molecule has 4 rings (SSSR count). The van der Waals surface area contributed by atoms with Crippen LogP contribution in [-0.2, 0) is 0 Å². The molecule has 1 atom stereocenters. The molecule has 0 amide bonds. The van der Waals surface area contributed by atoms with Crippen molar-refractivity contribution in [2.24, 2.45) is 0 Å². The van der Waals surface area contributed by atoms with Gasteiger partial charge >= 0.3 is 0 Å². The summed E-state index contributed by atoms with van der Waals surface area (Å²) in [5.74, 6) is 0.776. The number of rotatable bonds is 6. The molecule has 1 aromatic heterocycles. The van der Waals surface area contributed by atoms with Crippen LogP contribution in [0.1, 0.15) is 37.3 Å². The number of likely N-dealkylation sites (tertiary alicyclic amines) is 1. The minimum atomic E-state index is 0.483. The van der Waals surface area contributed by atoms with Crippen molar-refractivity contribution in [2.75, 3.05) is 19.7 Å². The van der Waals surface area contributed by atoms with Crippen LogP contribution >= 0.6 is 11.6 Å². The molecule has 0 N–H and O–H groups in total. The molecule has 2 aromatic carbocycles. The van der Waals surface area contributed by atoms with Crippen molar-refractivity contribution in [3.63, 3.8) is 0 Å². The van der Waals surface area contributed by atoms with Crippen molar-refractivity contribution < 1.29 is 4.74 Å². The Balaban J connectivity index is 1.35. The molecular formula is C23H25ClN2O. The fraction of sp³-hybridized carbons (Fsp3) is 0.348. The first-order valence-corrected chi connectivity index (χ1v) is 10.1. The molecule has 3 aromatic rings. The van der Waals surface area contributed by atoms with E-state index in [1.165, 1.54) is 24.8 Å². The number of nitrogens with zero attached hydrogens (tertiary/aromatic N) is 2. The number of benzene rings is 2. The van der Waals surface area contributed by atoms with E-state index in [1.807, 2.05) is 42.7 Å². The fourth-order valence-corrected chi connectivity index (χ4v) is 4.27. The molecule has 1 aliphatic rings. The van der Waals surface area contributed by atoms with Crippen LogP contribution in [0.2, 0.25) is 5.02 Å². The van der Waals surface area contributed by atoms with Gasteiger partial charge in [0.25, 0.3) is 0 Å². The summed E-state index contributed by atoms with van der Waals surface area (Å²) < 4.78 is 6.01. The average Bonchev–Trinajstić information content (AvgIpc) is 2.74. The van der Waals surface area contributed by atoms with Crippen LogP contribution in [0.3, 0.4) is 0 Å². The molecule has 0 saturated carbocycles. The van der Waals surface area contributed by atoms with E-state index in [4.69, 9.17) is 16.3 Å². The maximum atomic E-state index is 6.53. The van der Waals surface area contributed by atoms with Crippen LogP contribution in [-0.4, -0.2) is 29.6 Å². The van der Waals surface area contributed by atoms with E-state index in [-0.39, 0.29) is 0 Å². The number of hydrogen-bond acceptors (Lipinski definition) is 3. The summed E-state index contributed by atoms with van der Waals surface area (Å²) in [5, 5.41) is 2.89. The van der Waals surface area contributed by atoms with Crippen molar-refractivity contribution in [3.05, 3.63) is 71.5 Å².